The number of pyridine rings is 1. The number of fused-ring (bicyclic) bond motifs is 2. The summed E-state index contributed by atoms with van der Waals surface area (Å²) in [7, 11) is -4.37. The number of carbonyl (C=O) groups excluding carboxylic acids is 3. The highest BCUT2D eigenvalue weighted by Crippen LogP contribution is 2.28. The highest BCUT2D eigenvalue weighted by atomic mass is 32.2. The summed E-state index contributed by atoms with van der Waals surface area (Å²) in [6.07, 6.45) is 0.0852. The number of benzene rings is 1. The van der Waals surface area contributed by atoms with E-state index in [1.54, 1.807) is 18.2 Å². The van der Waals surface area contributed by atoms with Crippen LogP contribution in [0.5, 0.6) is 0 Å². The van der Waals surface area contributed by atoms with Crippen LogP contribution in [0.2, 0.25) is 0 Å². The molecule has 2 saturated heterocycles. The van der Waals surface area contributed by atoms with Gasteiger partial charge < -0.3 is 10.6 Å². The topological polar surface area (TPSA) is 138 Å². The van der Waals surface area contributed by atoms with Crippen molar-refractivity contribution in [2.45, 2.75) is 17.1 Å². The van der Waals surface area contributed by atoms with Gasteiger partial charge in [0.2, 0.25) is 0 Å². The normalized spacial score (nSPS) is 23.0. The molecular formula is C14H11N5O5S. The lowest BCUT2D eigenvalue weighted by molar-refractivity contribution is -0.123. The second-order valence-corrected chi connectivity index (χ2v) is 7.25. The van der Waals surface area contributed by atoms with E-state index in [1.807, 2.05) is 5.32 Å². The molecule has 10 nitrogen and oxygen atoms in total. The van der Waals surface area contributed by atoms with Crippen LogP contribution in [0.15, 0.2) is 41.4 Å². The summed E-state index contributed by atoms with van der Waals surface area (Å²) in [6, 6.07) is 4.78. The van der Waals surface area contributed by atoms with Gasteiger partial charge in [-0.15, -0.1) is 0 Å². The fraction of sp³-hybridized carbons (Fsp3) is 0.143. The van der Waals surface area contributed by atoms with Gasteiger partial charge in [-0.05, 0) is 12.1 Å². The minimum atomic E-state index is -4.37. The van der Waals surface area contributed by atoms with Crippen LogP contribution in [0, 0.1) is 0 Å². The first-order chi connectivity index (χ1) is 11.9. The summed E-state index contributed by atoms with van der Waals surface area (Å²) in [4.78, 5) is 39.5. The number of hydrogen-bond acceptors (Lipinski definition) is 6. The molecule has 0 unspecified atom stereocenters. The number of urea groups is 2. The third-order valence-corrected chi connectivity index (χ3v) is 5.77. The molecule has 25 heavy (non-hydrogen) atoms. The Morgan fingerprint density at radius 2 is 1.80 bits per heavy atom. The standard InChI is InChI=1S/C14H11N5O5S/c20-12-10-11(17-13(21)18-12)19(14(22)16-10)25(23,24)8-5-1-3-7-4-2-6-15-9(7)8/h1-6,10-11H,(H,16,22)(H2,17,18,20,21)/t10-,11-/m0/s1. The molecule has 2 aromatic rings. The number of amides is 5. The highest BCUT2D eigenvalue weighted by Gasteiger charge is 2.53. The van der Waals surface area contributed by atoms with Gasteiger partial charge >= 0.3 is 12.1 Å². The van der Waals surface area contributed by atoms with Crippen LogP contribution in [0.1, 0.15) is 0 Å². The van der Waals surface area contributed by atoms with Crippen molar-refractivity contribution in [2.75, 3.05) is 0 Å². The van der Waals surface area contributed by atoms with Gasteiger partial charge in [-0.1, -0.05) is 18.2 Å². The van der Waals surface area contributed by atoms with Crippen LogP contribution in [-0.2, 0) is 14.8 Å². The molecule has 2 aliphatic heterocycles. The summed E-state index contributed by atoms with van der Waals surface area (Å²) in [5, 5.41) is 7.10. The Kier molecular flexibility index (Phi) is 3.15. The summed E-state index contributed by atoms with van der Waals surface area (Å²) in [5.74, 6) is -0.782. The van der Waals surface area contributed by atoms with Gasteiger partial charge in [0.15, 0.2) is 12.2 Å². The fourth-order valence-electron chi connectivity index (χ4n) is 2.90. The minimum Gasteiger partial charge on any atom is -0.321 e. The number of nitrogens with zero attached hydrogens (tertiary/aromatic N) is 2. The molecule has 1 aromatic heterocycles. The number of carbonyl (C=O) groups is 3. The molecule has 3 heterocycles. The van der Waals surface area contributed by atoms with Gasteiger partial charge in [0, 0.05) is 11.6 Å². The van der Waals surface area contributed by atoms with Crippen LogP contribution in [-0.4, -0.2) is 47.9 Å². The van der Waals surface area contributed by atoms with Gasteiger partial charge in [0.1, 0.15) is 4.90 Å². The first kappa shape index (κ1) is 15.3. The third kappa shape index (κ3) is 2.20. The predicted octanol–water partition coefficient (Wildman–Crippen LogP) is -0.517. The Bertz CT molecular complexity index is 1030. The van der Waals surface area contributed by atoms with Gasteiger partial charge in [-0.3, -0.25) is 15.1 Å². The smallest absolute Gasteiger partial charge is 0.321 e. The Labute approximate surface area is 141 Å². The van der Waals surface area contributed by atoms with Crippen molar-refractivity contribution in [3.05, 3.63) is 36.5 Å². The molecule has 1 aromatic carbocycles. The number of nitrogens with one attached hydrogen (secondary N) is 3. The monoisotopic (exact) mass is 361 g/mol. The lowest BCUT2D eigenvalue weighted by Gasteiger charge is -2.29. The molecule has 0 aliphatic carbocycles. The number of aromatic nitrogens is 1. The minimum absolute atomic E-state index is 0.188. The molecule has 5 amide bonds. The van der Waals surface area contributed by atoms with E-state index >= 15 is 0 Å². The maximum Gasteiger partial charge on any atom is 0.334 e. The zero-order chi connectivity index (χ0) is 17.8. The number of sulfonamides is 1. The van der Waals surface area contributed by atoms with Crippen LogP contribution in [0.25, 0.3) is 10.9 Å². The molecule has 11 heteroatoms. The van der Waals surface area contributed by atoms with Crippen molar-refractivity contribution in [1.82, 2.24) is 25.2 Å². The molecule has 2 aliphatic rings. The second-order valence-electron chi connectivity index (χ2n) is 5.47. The van der Waals surface area contributed by atoms with Crippen molar-refractivity contribution in [3.8, 4) is 0 Å². The van der Waals surface area contributed by atoms with Crippen LogP contribution < -0.4 is 16.0 Å². The van der Waals surface area contributed by atoms with E-state index in [1.165, 1.54) is 18.3 Å². The SMILES string of the molecule is O=C1NC(=O)[C@H]2NC(=O)N(S(=O)(=O)c3cccc4cccnc34)[C@@H]2N1. The predicted molar refractivity (Wildman–Crippen MR) is 83.5 cm³/mol. The van der Waals surface area contributed by atoms with Crippen molar-refractivity contribution in [2.24, 2.45) is 0 Å². The Balaban J connectivity index is 1.86. The number of para-hydroxylation sites is 1. The lowest BCUT2D eigenvalue weighted by atomic mass is 10.2. The number of imide groups is 1. The first-order valence-electron chi connectivity index (χ1n) is 7.19. The zero-order valence-corrected chi connectivity index (χ0v) is 13.3. The van der Waals surface area contributed by atoms with E-state index in [-0.39, 0.29) is 10.4 Å². The molecule has 3 N–H and O–H groups in total. The lowest BCUT2D eigenvalue weighted by Crippen LogP contribution is -2.65. The average Bonchev–Trinajstić information content (AvgIpc) is 2.91. The molecule has 0 spiro atoms. The fourth-order valence-corrected chi connectivity index (χ4v) is 4.52. The van der Waals surface area contributed by atoms with Gasteiger partial charge in [-0.25, -0.2) is 18.0 Å². The van der Waals surface area contributed by atoms with E-state index in [0.29, 0.717) is 9.69 Å². The maximum absolute atomic E-state index is 13.1. The molecule has 4 rings (SSSR count). The van der Waals surface area contributed by atoms with Crippen molar-refractivity contribution >= 4 is 38.9 Å². The largest absolute Gasteiger partial charge is 0.334 e. The highest BCUT2D eigenvalue weighted by molar-refractivity contribution is 7.90. The van der Waals surface area contributed by atoms with Crippen molar-refractivity contribution in [3.63, 3.8) is 0 Å². The Morgan fingerprint density at radius 1 is 1.04 bits per heavy atom. The third-order valence-electron chi connectivity index (χ3n) is 3.98. The van der Waals surface area contributed by atoms with Crippen LogP contribution in [0.4, 0.5) is 9.59 Å². The molecule has 0 bridgehead atoms. The average molecular weight is 361 g/mol. The quantitative estimate of drug-likeness (QED) is 0.658. The van der Waals surface area contributed by atoms with E-state index in [4.69, 9.17) is 0 Å². The molecule has 2 atom stereocenters. The molecule has 0 saturated carbocycles. The van der Waals surface area contributed by atoms with E-state index in [0.717, 1.165) is 0 Å². The van der Waals surface area contributed by atoms with E-state index < -0.39 is 40.2 Å². The van der Waals surface area contributed by atoms with Crippen molar-refractivity contribution < 1.29 is 22.8 Å². The Morgan fingerprint density at radius 3 is 2.60 bits per heavy atom. The Hall–Kier alpha value is -3.21. The second kappa shape index (κ2) is 5.14. The van der Waals surface area contributed by atoms with Crippen LogP contribution in [0.3, 0.4) is 0 Å². The molecule has 128 valence electrons. The van der Waals surface area contributed by atoms with Gasteiger partial charge in [0.25, 0.3) is 15.9 Å². The first-order valence-corrected chi connectivity index (χ1v) is 8.63. The molecule has 0 radical (unpaired) electrons. The summed E-state index contributed by atoms with van der Waals surface area (Å²) in [6.45, 7) is 0. The maximum atomic E-state index is 13.1. The van der Waals surface area contributed by atoms with E-state index in [9.17, 15) is 22.8 Å². The summed E-state index contributed by atoms with van der Waals surface area (Å²) >= 11 is 0. The molecule has 2 fully saturated rings. The molecular weight excluding hydrogens is 350 g/mol. The zero-order valence-electron chi connectivity index (χ0n) is 12.5. The number of hydrogen-bond donors (Lipinski definition) is 3. The van der Waals surface area contributed by atoms with E-state index in [2.05, 4.69) is 15.6 Å². The summed E-state index contributed by atoms with van der Waals surface area (Å²) < 4.78 is 26.6. The number of rotatable bonds is 2. The van der Waals surface area contributed by atoms with Gasteiger partial charge in [0.05, 0.1) is 5.52 Å². The van der Waals surface area contributed by atoms with Crippen molar-refractivity contribution in [1.29, 1.82) is 0 Å². The summed E-state index contributed by atoms with van der Waals surface area (Å²) in [5.41, 5.74) is 0.188. The van der Waals surface area contributed by atoms with Gasteiger partial charge in [-0.2, -0.15) is 4.31 Å². The van der Waals surface area contributed by atoms with Crippen LogP contribution >= 0.6 is 0 Å².